The van der Waals surface area contributed by atoms with Crippen LogP contribution in [0.25, 0.3) is 0 Å². The summed E-state index contributed by atoms with van der Waals surface area (Å²) in [6, 6.07) is 7.48. The summed E-state index contributed by atoms with van der Waals surface area (Å²) in [6.45, 7) is 11.6. The number of aliphatic carboxylic acids is 1. The molecule has 0 fully saturated rings. The zero-order valence-electron chi connectivity index (χ0n) is 17.3. The highest BCUT2D eigenvalue weighted by Crippen LogP contribution is 2.27. The highest BCUT2D eigenvalue weighted by Gasteiger charge is 2.32. The number of carboxylic acid groups (broad SMARTS) is 1. The molecule has 2 aromatic rings. The van der Waals surface area contributed by atoms with E-state index < -0.39 is 16.9 Å². The van der Waals surface area contributed by atoms with Crippen molar-refractivity contribution in [3.8, 4) is 5.75 Å². The molecule has 1 aromatic heterocycles. The minimum Gasteiger partial charge on any atom is -0.493 e. The van der Waals surface area contributed by atoms with Crippen LogP contribution in [0.1, 0.15) is 47.1 Å². The van der Waals surface area contributed by atoms with Crippen LogP contribution < -0.4 is 10.1 Å². The molecule has 1 heterocycles. The topological polar surface area (TPSA) is 93.5 Å². The molecule has 0 radical (unpaired) electrons. The third-order valence-corrected chi connectivity index (χ3v) is 4.66. The quantitative estimate of drug-likeness (QED) is 0.721. The Morgan fingerprint density at radius 1 is 1.18 bits per heavy atom. The van der Waals surface area contributed by atoms with Gasteiger partial charge in [-0.3, -0.25) is 9.48 Å². The largest absolute Gasteiger partial charge is 0.493 e. The molecule has 0 bridgehead atoms. The Morgan fingerprint density at radius 3 is 2.32 bits per heavy atom. The highest BCUT2D eigenvalue weighted by atomic mass is 16.5. The molecule has 0 aliphatic rings. The lowest BCUT2D eigenvalue weighted by Crippen LogP contribution is -2.36. The Bertz CT molecular complexity index is 836. The molecule has 0 atom stereocenters. The summed E-state index contributed by atoms with van der Waals surface area (Å²) in [6.07, 6.45) is 2.96. The summed E-state index contributed by atoms with van der Waals surface area (Å²) in [5.74, 6) is -0.00985. The summed E-state index contributed by atoms with van der Waals surface area (Å²) in [5, 5.41) is 16.2. The average molecular weight is 387 g/mol. The Labute approximate surface area is 165 Å². The normalized spacial score (nSPS) is 12.1. The van der Waals surface area contributed by atoms with E-state index in [1.165, 1.54) is 17.1 Å². The van der Waals surface area contributed by atoms with Crippen LogP contribution >= 0.6 is 0 Å². The Kier molecular flexibility index (Phi) is 6.17. The van der Waals surface area contributed by atoms with Gasteiger partial charge in [-0.15, -0.1) is 0 Å². The number of nitrogens with one attached hydrogen (secondary N) is 1. The second-order valence-electron chi connectivity index (χ2n) is 8.35. The van der Waals surface area contributed by atoms with Crippen molar-refractivity contribution in [3.05, 3.63) is 42.2 Å². The van der Waals surface area contributed by atoms with E-state index in [1.54, 1.807) is 13.8 Å². The predicted molar refractivity (Wildman–Crippen MR) is 108 cm³/mol. The molecule has 1 aromatic carbocycles. The van der Waals surface area contributed by atoms with Gasteiger partial charge in [0.05, 0.1) is 23.9 Å². The van der Waals surface area contributed by atoms with E-state index in [0.29, 0.717) is 18.2 Å². The van der Waals surface area contributed by atoms with Gasteiger partial charge in [-0.1, -0.05) is 26.0 Å². The number of carbonyl (C=O) groups is 2. The fourth-order valence-corrected chi connectivity index (χ4v) is 2.44. The molecule has 1 amide bonds. The van der Waals surface area contributed by atoms with Gasteiger partial charge >= 0.3 is 5.97 Å². The lowest BCUT2D eigenvalue weighted by Gasteiger charge is -2.24. The summed E-state index contributed by atoms with van der Waals surface area (Å²) in [5.41, 5.74) is -0.699. The predicted octanol–water partition coefficient (Wildman–Crippen LogP) is 3.65. The van der Waals surface area contributed by atoms with Crippen LogP contribution in [0.4, 0.5) is 5.69 Å². The minimum absolute atomic E-state index is 0.212. The molecule has 0 unspecified atom stereocenters. The SMILES string of the molecule is CC(C)COc1ccc(C(C)(C)C(=O)Nc2cnn(C(C)(C)C(=O)O)c2)cc1. The second kappa shape index (κ2) is 8.04. The molecule has 0 aliphatic carbocycles. The van der Waals surface area contributed by atoms with Crippen molar-refractivity contribution in [2.24, 2.45) is 5.92 Å². The minimum atomic E-state index is -1.20. The number of nitrogens with zero attached hydrogens (tertiary/aromatic N) is 2. The fraction of sp³-hybridized carbons (Fsp3) is 0.476. The lowest BCUT2D eigenvalue weighted by molar-refractivity contribution is -0.146. The third-order valence-electron chi connectivity index (χ3n) is 4.66. The number of carboxylic acids is 1. The monoisotopic (exact) mass is 387 g/mol. The summed E-state index contributed by atoms with van der Waals surface area (Å²) < 4.78 is 7.00. The standard InChI is InChI=1S/C21H29N3O4/c1-14(2)13-28-17-9-7-15(8-10-17)20(3,4)18(25)23-16-11-22-24(12-16)21(5,6)19(26)27/h7-12,14H,13H2,1-6H3,(H,23,25)(H,26,27). The lowest BCUT2D eigenvalue weighted by atomic mass is 9.83. The van der Waals surface area contributed by atoms with Crippen molar-refractivity contribution in [1.82, 2.24) is 9.78 Å². The number of carbonyl (C=O) groups excluding carboxylic acids is 1. The van der Waals surface area contributed by atoms with Gasteiger partial charge in [0, 0.05) is 6.20 Å². The maximum Gasteiger partial charge on any atom is 0.331 e. The van der Waals surface area contributed by atoms with Crippen LogP contribution in [0.5, 0.6) is 5.75 Å². The highest BCUT2D eigenvalue weighted by molar-refractivity contribution is 5.98. The number of rotatable bonds is 8. The van der Waals surface area contributed by atoms with Crippen LogP contribution in [0, 0.1) is 5.92 Å². The first-order chi connectivity index (χ1) is 12.9. The van der Waals surface area contributed by atoms with E-state index in [9.17, 15) is 14.7 Å². The van der Waals surface area contributed by atoms with Gasteiger partial charge in [-0.25, -0.2) is 4.79 Å². The molecular formula is C21H29N3O4. The summed E-state index contributed by atoms with van der Waals surface area (Å²) in [7, 11) is 0. The van der Waals surface area contributed by atoms with Crippen LogP contribution in [0.15, 0.2) is 36.7 Å². The number of benzene rings is 1. The van der Waals surface area contributed by atoms with Crippen LogP contribution in [0.3, 0.4) is 0 Å². The number of ether oxygens (including phenoxy) is 1. The molecule has 7 heteroatoms. The summed E-state index contributed by atoms with van der Waals surface area (Å²) >= 11 is 0. The van der Waals surface area contributed by atoms with Crippen LogP contribution in [-0.4, -0.2) is 33.4 Å². The van der Waals surface area contributed by atoms with Gasteiger partial charge in [-0.2, -0.15) is 5.10 Å². The molecule has 0 spiro atoms. The molecule has 0 aliphatic heterocycles. The van der Waals surface area contributed by atoms with Gasteiger partial charge in [-0.05, 0) is 51.3 Å². The average Bonchev–Trinajstić information content (AvgIpc) is 3.09. The van der Waals surface area contributed by atoms with E-state index >= 15 is 0 Å². The van der Waals surface area contributed by atoms with Gasteiger partial charge in [0.15, 0.2) is 5.54 Å². The fourth-order valence-electron chi connectivity index (χ4n) is 2.44. The zero-order valence-corrected chi connectivity index (χ0v) is 17.3. The van der Waals surface area contributed by atoms with Gasteiger partial charge < -0.3 is 15.2 Å². The third kappa shape index (κ3) is 4.71. The van der Waals surface area contributed by atoms with Crippen molar-refractivity contribution in [2.75, 3.05) is 11.9 Å². The van der Waals surface area contributed by atoms with Gasteiger partial charge in [0.25, 0.3) is 0 Å². The zero-order chi connectivity index (χ0) is 21.1. The van der Waals surface area contributed by atoms with Gasteiger partial charge in [0.2, 0.25) is 5.91 Å². The molecule has 2 N–H and O–H groups in total. The maximum absolute atomic E-state index is 12.8. The molecular weight excluding hydrogens is 358 g/mol. The second-order valence-corrected chi connectivity index (χ2v) is 8.35. The number of anilines is 1. The molecule has 152 valence electrons. The first kappa shape index (κ1) is 21.5. The van der Waals surface area contributed by atoms with E-state index in [0.717, 1.165) is 11.3 Å². The Hall–Kier alpha value is -2.83. The molecule has 7 nitrogen and oxygen atoms in total. The Morgan fingerprint density at radius 2 is 1.79 bits per heavy atom. The Balaban J connectivity index is 2.11. The van der Waals surface area contributed by atoms with Crippen LogP contribution in [0.2, 0.25) is 0 Å². The molecule has 0 saturated heterocycles. The summed E-state index contributed by atoms with van der Waals surface area (Å²) in [4.78, 5) is 24.2. The van der Waals surface area contributed by atoms with E-state index in [2.05, 4.69) is 24.3 Å². The van der Waals surface area contributed by atoms with Crippen LogP contribution in [-0.2, 0) is 20.5 Å². The van der Waals surface area contributed by atoms with Crippen molar-refractivity contribution in [1.29, 1.82) is 0 Å². The van der Waals surface area contributed by atoms with E-state index in [1.807, 2.05) is 38.1 Å². The molecule has 28 heavy (non-hydrogen) atoms. The van der Waals surface area contributed by atoms with Crippen molar-refractivity contribution < 1.29 is 19.4 Å². The number of aromatic nitrogens is 2. The number of hydrogen-bond donors (Lipinski definition) is 2. The molecule has 0 saturated carbocycles. The van der Waals surface area contributed by atoms with E-state index in [-0.39, 0.29) is 5.91 Å². The van der Waals surface area contributed by atoms with Crippen molar-refractivity contribution in [2.45, 2.75) is 52.5 Å². The number of amides is 1. The molecule has 2 rings (SSSR count). The smallest absolute Gasteiger partial charge is 0.331 e. The van der Waals surface area contributed by atoms with Gasteiger partial charge in [0.1, 0.15) is 5.75 Å². The first-order valence-corrected chi connectivity index (χ1v) is 9.28. The first-order valence-electron chi connectivity index (χ1n) is 9.28. The number of hydrogen-bond acceptors (Lipinski definition) is 4. The van der Waals surface area contributed by atoms with Crippen molar-refractivity contribution >= 4 is 17.6 Å². The van der Waals surface area contributed by atoms with E-state index in [4.69, 9.17) is 4.74 Å². The maximum atomic E-state index is 12.8. The van der Waals surface area contributed by atoms with Crippen molar-refractivity contribution in [3.63, 3.8) is 0 Å².